The van der Waals surface area contributed by atoms with E-state index in [2.05, 4.69) is 20.3 Å². The average molecular weight is 489 g/mol. The Morgan fingerprint density at radius 1 is 1.08 bits per heavy atom. The van der Waals surface area contributed by atoms with Crippen LogP contribution in [0.4, 0.5) is 21.8 Å². The highest BCUT2D eigenvalue weighted by molar-refractivity contribution is 5.86. The molecule has 182 valence electrons. The van der Waals surface area contributed by atoms with E-state index in [4.69, 9.17) is 14.7 Å². The van der Waals surface area contributed by atoms with Gasteiger partial charge in [-0.15, -0.1) is 0 Å². The smallest absolute Gasteiger partial charge is 0.297 e. The average Bonchev–Trinajstić information content (AvgIpc) is 3.52. The Kier molecular flexibility index (Phi) is 5.37. The minimum atomic E-state index is -0.460. The molecule has 0 bridgehead atoms. The van der Waals surface area contributed by atoms with E-state index in [9.17, 15) is 14.5 Å². The number of aromatic amines is 1. The quantitative estimate of drug-likeness (QED) is 0.272. The number of nitrogens with zero attached hydrogens (tertiary/aromatic N) is 7. The number of ether oxygens (including phenoxy) is 1. The molecule has 0 radical (unpaired) electrons. The van der Waals surface area contributed by atoms with Gasteiger partial charge in [0, 0.05) is 19.2 Å². The number of nitrogens with one attached hydrogen (secondary N) is 2. The monoisotopic (exact) mass is 489 g/mol. The number of imidazole rings is 2. The van der Waals surface area contributed by atoms with Gasteiger partial charge in [-0.05, 0) is 18.2 Å². The number of fused-ring (bicyclic) bond motifs is 2. The van der Waals surface area contributed by atoms with Crippen molar-refractivity contribution >= 4 is 39.7 Å². The van der Waals surface area contributed by atoms with Gasteiger partial charge in [-0.1, -0.05) is 18.2 Å². The molecule has 36 heavy (non-hydrogen) atoms. The highest BCUT2D eigenvalue weighted by Gasteiger charge is 2.21. The van der Waals surface area contributed by atoms with Gasteiger partial charge in [0.2, 0.25) is 5.95 Å². The lowest BCUT2D eigenvalue weighted by atomic mass is 10.3. The van der Waals surface area contributed by atoms with E-state index in [1.54, 1.807) is 34.9 Å². The summed E-state index contributed by atoms with van der Waals surface area (Å²) < 4.78 is 21.6. The Morgan fingerprint density at radius 2 is 1.92 bits per heavy atom. The molecule has 6 rings (SSSR count). The van der Waals surface area contributed by atoms with Crippen LogP contribution in [0.15, 0.2) is 48.8 Å². The van der Waals surface area contributed by atoms with E-state index in [0.29, 0.717) is 66.3 Å². The molecule has 0 aliphatic carbocycles. The lowest BCUT2D eigenvalue weighted by Gasteiger charge is -2.27. The molecule has 0 saturated carbocycles. The number of hydrogen-bond donors (Lipinski definition) is 2. The van der Waals surface area contributed by atoms with Crippen molar-refractivity contribution in [1.29, 1.82) is 0 Å². The molecule has 0 amide bonds. The number of para-hydroxylation sites is 2. The third-order valence-corrected chi connectivity index (χ3v) is 5.95. The first kappa shape index (κ1) is 21.9. The number of nitro benzene ring substituents is 1. The summed E-state index contributed by atoms with van der Waals surface area (Å²) in [6.07, 6.45) is 1.51. The fourth-order valence-corrected chi connectivity index (χ4v) is 4.21. The van der Waals surface area contributed by atoms with Crippen LogP contribution in [-0.4, -0.2) is 60.7 Å². The number of morpholine rings is 1. The second-order valence-corrected chi connectivity index (χ2v) is 8.18. The van der Waals surface area contributed by atoms with E-state index in [-0.39, 0.29) is 17.7 Å². The molecule has 3 aromatic heterocycles. The molecule has 1 saturated heterocycles. The van der Waals surface area contributed by atoms with Gasteiger partial charge < -0.3 is 19.9 Å². The predicted molar refractivity (Wildman–Crippen MR) is 130 cm³/mol. The van der Waals surface area contributed by atoms with Gasteiger partial charge in [-0.2, -0.15) is 9.97 Å². The zero-order valence-corrected chi connectivity index (χ0v) is 18.9. The predicted octanol–water partition coefficient (Wildman–Crippen LogP) is 3.19. The Hall–Kier alpha value is -4.65. The van der Waals surface area contributed by atoms with Crippen LogP contribution in [0.3, 0.4) is 0 Å². The number of aromatic nitrogens is 6. The van der Waals surface area contributed by atoms with Crippen molar-refractivity contribution in [3.63, 3.8) is 0 Å². The van der Waals surface area contributed by atoms with Crippen LogP contribution in [0, 0.1) is 15.9 Å². The van der Waals surface area contributed by atoms with Crippen LogP contribution in [-0.2, 0) is 11.3 Å². The molecule has 0 atom stereocenters. The minimum absolute atomic E-state index is 0.0716. The number of hydrogen-bond acceptors (Lipinski definition) is 9. The Labute approximate surface area is 202 Å². The van der Waals surface area contributed by atoms with Crippen molar-refractivity contribution in [2.24, 2.45) is 0 Å². The lowest BCUT2D eigenvalue weighted by Crippen LogP contribution is -2.37. The maximum absolute atomic E-state index is 14.6. The number of rotatable bonds is 6. The third kappa shape index (κ3) is 3.84. The molecule has 1 aliphatic heterocycles. The molecule has 1 fully saturated rings. The second kappa shape index (κ2) is 8.85. The molecule has 0 unspecified atom stereocenters. The fourth-order valence-electron chi connectivity index (χ4n) is 4.21. The van der Waals surface area contributed by atoms with Crippen LogP contribution in [0.1, 0.15) is 5.82 Å². The van der Waals surface area contributed by atoms with Gasteiger partial charge in [-0.3, -0.25) is 14.7 Å². The summed E-state index contributed by atoms with van der Waals surface area (Å²) in [4.78, 5) is 34.3. The maximum atomic E-state index is 14.6. The molecule has 1 aliphatic rings. The summed E-state index contributed by atoms with van der Waals surface area (Å²) in [5, 5.41) is 14.6. The number of non-ortho nitro benzene ring substituents is 1. The fraction of sp³-hybridized carbons (Fsp3) is 0.217. The van der Waals surface area contributed by atoms with Crippen LogP contribution in [0.25, 0.3) is 27.9 Å². The molecule has 5 aromatic rings. The van der Waals surface area contributed by atoms with Gasteiger partial charge >= 0.3 is 0 Å². The zero-order valence-electron chi connectivity index (χ0n) is 18.9. The largest absolute Gasteiger partial charge is 0.378 e. The van der Waals surface area contributed by atoms with Crippen molar-refractivity contribution in [2.75, 3.05) is 36.5 Å². The van der Waals surface area contributed by atoms with Crippen LogP contribution >= 0.6 is 0 Å². The summed E-state index contributed by atoms with van der Waals surface area (Å²) in [7, 11) is 0. The van der Waals surface area contributed by atoms with Gasteiger partial charge in [0.15, 0.2) is 22.5 Å². The summed E-state index contributed by atoms with van der Waals surface area (Å²) in [6.45, 7) is 2.54. The standard InChI is InChI=1S/C23H20FN9O3/c24-14-4-1-2-6-16(14)32-13-26-20-21(29-23(30-22(20)32)31-8-10-36-11-9-31)25-12-18-27-15-5-3-7-17(33(34)35)19(15)28-18/h1-7,13H,8-12H2,(H,27,28)(H,25,29,30). The summed E-state index contributed by atoms with van der Waals surface area (Å²) in [5.74, 6) is 0.993. The first-order chi connectivity index (χ1) is 17.6. The highest BCUT2D eigenvalue weighted by atomic mass is 19.1. The van der Waals surface area contributed by atoms with Gasteiger partial charge in [0.25, 0.3) is 5.69 Å². The van der Waals surface area contributed by atoms with Crippen LogP contribution in [0.2, 0.25) is 0 Å². The maximum Gasteiger partial charge on any atom is 0.297 e. The number of anilines is 2. The first-order valence-electron chi connectivity index (χ1n) is 11.3. The molecule has 2 aromatic carbocycles. The molecule has 12 nitrogen and oxygen atoms in total. The normalized spacial score (nSPS) is 14.0. The van der Waals surface area contributed by atoms with Crippen molar-refractivity contribution in [3.8, 4) is 5.69 Å². The first-order valence-corrected chi connectivity index (χ1v) is 11.3. The van der Waals surface area contributed by atoms with Gasteiger partial charge in [0.05, 0.1) is 35.9 Å². The summed E-state index contributed by atoms with van der Waals surface area (Å²) in [5.41, 5.74) is 1.99. The van der Waals surface area contributed by atoms with Crippen molar-refractivity contribution in [2.45, 2.75) is 6.54 Å². The Morgan fingerprint density at radius 3 is 2.72 bits per heavy atom. The Balaban J connectivity index is 1.40. The molecular formula is C23H20FN9O3. The number of benzene rings is 2. The van der Waals surface area contributed by atoms with Gasteiger partial charge in [-0.25, -0.2) is 14.4 Å². The third-order valence-electron chi connectivity index (χ3n) is 5.95. The van der Waals surface area contributed by atoms with E-state index < -0.39 is 10.7 Å². The molecule has 2 N–H and O–H groups in total. The summed E-state index contributed by atoms with van der Waals surface area (Å²) >= 11 is 0. The molecule has 4 heterocycles. The molecule has 13 heteroatoms. The summed E-state index contributed by atoms with van der Waals surface area (Å²) in [6, 6.07) is 11.2. The number of H-pyrrole nitrogens is 1. The van der Waals surface area contributed by atoms with Gasteiger partial charge in [0.1, 0.15) is 18.0 Å². The lowest BCUT2D eigenvalue weighted by molar-refractivity contribution is -0.383. The topological polar surface area (TPSA) is 140 Å². The van der Waals surface area contributed by atoms with E-state index in [1.165, 1.54) is 18.5 Å². The number of halogens is 1. The van der Waals surface area contributed by atoms with Crippen molar-refractivity contribution < 1.29 is 14.1 Å². The van der Waals surface area contributed by atoms with E-state index in [0.717, 1.165) is 0 Å². The molecule has 0 spiro atoms. The second-order valence-electron chi connectivity index (χ2n) is 8.18. The van der Waals surface area contributed by atoms with Crippen molar-refractivity contribution in [1.82, 2.24) is 29.5 Å². The molecular weight excluding hydrogens is 469 g/mol. The van der Waals surface area contributed by atoms with Crippen molar-refractivity contribution in [3.05, 3.63) is 70.5 Å². The number of nitro groups is 1. The van der Waals surface area contributed by atoms with Crippen LogP contribution < -0.4 is 10.2 Å². The SMILES string of the molecule is O=[N+]([O-])c1cccc2[nH]c(CNc3nc(N4CCOCC4)nc4c3ncn4-c3ccccc3F)nc12. The highest BCUT2D eigenvalue weighted by Crippen LogP contribution is 2.27. The minimum Gasteiger partial charge on any atom is -0.378 e. The Bertz CT molecular complexity index is 1590. The van der Waals surface area contributed by atoms with E-state index in [1.807, 2.05) is 4.90 Å². The zero-order chi connectivity index (χ0) is 24.6. The van der Waals surface area contributed by atoms with Crippen LogP contribution in [0.5, 0.6) is 0 Å². The van der Waals surface area contributed by atoms with E-state index >= 15 is 0 Å².